The Morgan fingerprint density at radius 1 is 1.03 bits per heavy atom. The van der Waals surface area contributed by atoms with Crippen molar-refractivity contribution in [2.45, 2.75) is 58.3 Å². The second-order valence-electron chi connectivity index (χ2n) is 10.3. The Hall–Kier alpha value is -3.07. The summed E-state index contributed by atoms with van der Waals surface area (Å²) in [6, 6.07) is 8.93. The van der Waals surface area contributed by atoms with Crippen molar-refractivity contribution in [1.29, 1.82) is 0 Å². The zero-order valence-corrected chi connectivity index (χ0v) is 22.5. The van der Waals surface area contributed by atoms with E-state index in [1.807, 2.05) is 19.9 Å². The fourth-order valence-corrected chi connectivity index (χ4v) is 5.51. The summed E-state index contributed by atoms with van der Waals surface area (Å²) in [5, 5.41) is 0. The molecule has 2 fully saturated rings. The van der Waals surface area contributed by atoms with Crippen LogP contribution in [0.15, 0.2) is 36.4 Å². The van der Waals surface area contributed by atoms with Crippen molar-refractivity contribution in [3.05, 3.63) is 64.2 Å². The lowest BCUT2D eigenvalue weighted by atomic mass is 9.86. The maximum Gasteiger partial charge on any atom is 0.416 e. The highest BCUT2D eigenvalue weighted by molar-refractivity contribution is 5.94. The van der Waals surface area contributed by atoms with Crippen LogP contribution < -0.4 is 4.74 Å². The number of hydrogen-bond donors (Lipinski definition) is 0. The summed E-state index contributed by atoms with van der Waals surface area (Å²) >= 11 is 0. The van der Waals surface area contributed by atoms with Gasteiger partial charge in [0.2, 0.25) is 0 Å². The van der Waals surface area contributed by atoms with Crippen LogP contribution in [0.1, 0.15) is 64.8 Å². The smallest absolute Gasteiger partial charge is 0.416 e. The van der Waals surface area contributed by atoms with Crippen LogP contribution >= 0.6 is 0 Å². The molecule has 0 unspecified atom stereocenters. The predicted octanol–water partition coefficient (Wildman–Crippen LogP) is 5.23. The first kappa shape index (κ1) is 28.0. The van der Waals surface area contributed by atoms with Gasteiger partial charge >= 0.3 is 6.18 Å². The largest absolute Gasteiger partial charge is 0.483 e. The minimum Gasteiger partial charge on any atom is -0.483 e. The van der Waals surface area contributed by atoms with Gasteiger partial charge in [-0.05, 0) is 87.1 Å². The molecule has 2 heterocycles. The van der Waals surface area contributed by atoms with Crippen LogP contribution in [0, 0.1) is 13.8 Å². The van der Waals surface area contributed by atoms with Gasteiger partial charge in [0.15, 0.2) is 6.61 Å². The average molecular weight is 532 g/mol. The van der Waals surface area contributed by atoms with Crippen molar-refractivity contribution < 1.29 is 27.5 Å². The number of likely N-dealkylation sites (N-methyl/N-ethyl adjacent to an activating group) is 1. The van der Waals surface area contributed by atoms with E-state index in [1.165, 1.54) is 17.7 Å². The lowest BCUT2D eigenvalue weighted by Gasteiger charge is -2.48. The number of benzene rings is 2. The molecular formula is C29H36F3N3O3. The first-order valence-corrected chi connectivity index (χ1v) is 13.2. The Kier molecular flexibility index (Phi) is 8.35. The summed E-state index contributed by atoms with van der Waals surface area (Å²) in [5.41, 5.74) is 2.93. The molecule has 0 spiro atoms. The lowest BCUT2D eigenvalue weighted by Crippen LogP contribution is -2.57. The van der Waals surface area contributed by atoms with Gasteiger partial charge in [-0.3, -0.25) is 14.5 Å². The van der Waals surface area contributed by atoms with Crippen molar-refractivity contribution in [3.8, 4) is 5.75 Å². The molecule has 6 nitrogen and oxygen atoms in total. The summed E-state index contributed by atoms with van der Waals surface area (Å²) in [7, 11) is 1.75. The van der Waals surface area contributed by atoms with Crippen molar-refractivity contribution in [2.24, 2.45) is 0 Å². The van der Waals surface area contributed by atoms with E-state index in [4.69, 9.17) is 4.74 Å². The fourth-order valence-electron chi connectivity index (χ4n) is 5.51. The van der Waals surface area contributed by atoms with Crippen LogP contribution in [0.4, 0.5) is 13.2 Å². The zero-order valence-electron chi connectivity index (χ0n) is 22.5. The van der Waals surface area contributed by atoms with E-state index in [2.05, 4.69) is 17.9 Å². The van der Waals surface area contributed by atoms with Crippen LogP contribution in [-0.2, 0) is 11.0 Å². The Balaban J connectivity index is 1.44. The molecular weight excluding hydrogens is 495 g/mol. The topological polar surface area (TPSA) is 53.1 Å². The second kappa shape index (κ2) is 11.4. The lowest BCUT2D eigenvalue weighted by molar-refractivity contribution is -0.137. The molecule has 0 aromatic heterocycles. The number of piperazine rings is 1. The van der Waals surface area contributed by atoms with Crippen LogP contribution in [0.2, 0.25) is 0 Å². The standard InChI is InChI=1S/C29H36F3N3O3/c1-5-33(4)27(36)18-38-26-14-13-24(19(2)20(26)3)25-8-6-7-23-17-34(15-16-35(23)25)28(37)21-9-11-22(12-10-21)29(30,31)32/h9-14,23,25H,5-8,15-18H2,1-4H3/t23-,25+/m0/s1. The molecule has 0 aliphatic carbocycles. The van der Waals surface area contributed by atoms with Gasteiger partial charge in [0.25, 0.3) is 11.8 Å². The number of piperidine rings is 1. The summed E-state index contributed by atoms with van der Waals surface area (Å²) < 4.78 is 44.6. The number of fused-ring (bicyclic) bond motifs is 1. The molecule has 2 aromatic rings. The van der Waals surface area contributed by atoms with Crippen LogP contribution in [0.5, 0.6) is 5.75 Å². The number of ether oxygens (including phenoxy) is 1. The highest BCUT2D eigenvalue weighted by Gasteiger charge is 2.38. The van der Waals surface area contributed by atoms with Crippen molar-refractivity contribution >= 4 is 11.8 Å². The molecule has 2 aliphatic heterocycles. The molecule has 0 N–H and O–H groups in total. The molecule has 9 heteroatoms. The van der Waals surface area contributed by atoms with Gasteiger partial charge in [-0.1, -0.05) is 6.07 Å². The fraction of sp³-hybridized carbons (Fsp3) is 0.517. The van der Waals surface area contributed by atoms with E-state index >= 15 is 0 Å². The van der Waals surface area contributed by atoms with Gasteiger partial charge in [0, 0.05) is 50.9 Å². The number of halogens is 3. The molecule has 206 valence electrons. The van der Waals surface area contributed by atoms with Gasteiger partial charge < -0.3 is 14.5 Å². The van der Waals surface area contributed by atoms with Gasteiger partial charge in [-0.2, -0.15) is 13.2 Å². The zero-order chi connectivity index (χ0) is 27.6. The Morgan fingerprint density at radius 2 is 1.74 bits per heavy atom. The third kappa shape index (κ3) is 5.82. The van der Waals surface area contributed by atoms with Crippen LogP contribution in [0.3, 0.4) is 0 Å². The molecule has 2 saturated heterocycles. The molecule has 2 atom stereocenters. The number of amides is 2. The van der Waals surface area contributed by atoms with Gasteiger partial charge in [0.1, 0.15) is 5.75 Å². The minimum absolute atomic E-state index is 0.00435. The SMILES string of the molecule is CCN(C)C(=O)COc1ccc([C@H]2CCC[C@H]3CN(C(=O)c4ccc(C(F)(F)F)cc4)CCN32)c(C)c1C. The number of hydrogen-bond acceptors (Lipinski definition) is 4. The maximum atomic E-state index is 13.1. The third-order valence-electron chi connectivity index (χ3n) is 8.08. The first-order chi connectivity index (χ1) is 18.0. The minimum atomic E-state index is -4.42. The monoisotopic (exact) mass is 531 g/mol. The summed E-state index contributed by atoms with van der Waals surface area (Å²) in [5.74, 6) is 0.424. The molecule has 2 aliphatic rings. The number of carbonyl (C=O) groups excluding carboxylic acids is 2. The van der Waals surface area contributed by atoms with Crippen molar-refractivity contribution in [1.82, 2.24) is 14.7 Å². The van der Waals surface area contributed by atoms with Gasteiger partial charge in [-0.25, -0.2) is 0 Å². The molecule has 2 aromatic carbocycles. The van der Waals surface area contributed by atoms with E-state index in [0.717, 1.165) is 42.5 Å². The van der Waals surface area contributed by atoms with Crippen molar-refractivity contribution in [2.75, 3.05) is 39.8 Å². The number of carbonyl (C=O) groups is 2. The molecule has 38 heavy (non-hydrogen) atoms. The van der Waals surface area contributed by atoms with E-state index in [9.17, 15) is 22.8 Å². The predicted molar refractivity (Wildman–Crippen MR) is 139 cm³/mol. The van der Waals surface area contributed by atoms with Crippen LogP contribution in [-0.4, -0.2) is 72.4 Å². The number of rotatable bonds is 6. The van der Waals surface area contributed by atoms with Crippen LogP contribution in [0.25, 0.3) is 0 Å². The quantitative estimate of drug-likeness (QED) is 0.512. The number of nitrogens with zero attached hydrogens (tertiary/aromatic N) is 3. The first-order valence-electron chi connectivity index (χ1n) is 13.2. The van der Waals surface area contributed by atoms with Gasteiger partial charge in [0.05, 0.1) is 5.56 Å². The molecule has 0 bridgehead atoms. The second-order valence-corrected chi connectivity index (χ2v) is 10.3. The van der Waals surface area contributed by atoms with E-state index < -0.39 is 11.7 Å². The number of alkyl halides is 3. The summed E-state index contributed by atoms with van der Waals surface area (Å²) in [6.07, 6.45) is -1.40. The Morgan fingerprint density at radius 3 is 2.39 bits per heavy atom. The maximum absolute atomic E-state index is 13.1. The molecule has 2 amide bonds. The highest BCUT2D eigenvalue weighted by Crippen LogP contribution is 2.39. The molecule has 4 rings (SSSR count). The third-order valence-corrected chi connectivity index (χ3v) is 8.08. The van der Waals surface area contributed by atoms with Gasteiger partial charge in [-0.15, -0.1) is 0 Å². The van der Waals surface area contributed by atoms with E-state index in [1.54, 1.807) is 16.8 Å². The average Bonchev–Trinajstić information content (AvgIpc) is 2.91. The Bertz CT molecular complexity index is 1170. The molecule has 0 radical (unpaired) electrons. The summed E-state index contributed by atoms with van der Waals surface area (Å²) in [4.78, 5) is 31.1. The van der Waals surface area contributed by atoms with Crippen molar-refractivity contribution in [3.63, 3.8) is 0 Å². The van der Waals surface area contributed by atoms with E-state index in [0.29, 0.717) is 31.9 Å². The summed E-state index contributed by atoms with van der Waals surface area (Å²) in [6.45, 7) is 8.45. The van der Waals surface area contributed by atoms with E-state index in [-0.39, 0.29) is 36.1 Å². The molecule has 0 saturated carbocycles. The normalized spacial score (nSPS) is 20.1. The highest BCUT2D eigenvalue weighted by atomic mass is 19.4. The Labute approximate surface area is 222 Å².